The standard InChI is InChI=1S/C20H19NO5/c1-3-25-12-16-15-6-4-5-7-17(15)26-18(16)19(22)21-14-10-8-13(9-11-14)20(23)24-2/h4-11H,3,12H2,1-2H3,(H,21,22). The van der Waals surface area contributed by atoms with Crippen molar-refractivity contribution in [2.24, 2.45) is 0 Å². The molecule has 1 amide bonds. The summed E-state index contributed by atoms with van der Waals surface area (Å²) >= 11 is 0. The summed E-state index contributed by atoms with van der Waals surface area (Å²) < 4.78 is 15.9. The van der Waals surface area contributed by atoms with Crippen LogP contribution < -0.4 is 5.32 Å². The van der Waals surface area contributed by atoms with Gasteiger partial charge in [-0.2, -0.15) is 0 Å². The zero-order chi connectivity index (χ0) is 18.5. The molecule has 1 N–H and O–H groups in total. The summed E-state index contributed by atoms with van der Waals surface area (Å²) in [5.41, 5.74) is 2.30. The Kier molecular flexibility index (Phi) is 5.34. The molecule has 0 bridgehead atoms. The van der Waals surface area contributed by atoms with Crippen LogP contribution in [0.25, 0.3) is 11.0 Å². The Morgan fingerprint density at radius 1 is 1.08 bits per heavy atom. The van der Waals surface area contributed by atoms with Crippen molar-refractivity contribution in [3.63, 3.8) is 0 Å². The summed E-state index contributed by atoms with van der Waals surface area (Å²) in [7, 11) is 1.32. The number of hydrogen-bond acceptors (Lipinski definition) is 5. The number of furan rings is 1. The van der Waals surface area contributed by atoms with Crippen LogP contribution in [0, 0.1) is 0 Å². The van der Waals surface area contributed by atoms with Gasteiger partial charge in [-0.3, -0.25) is 4.79 Å². The number of ether oxygens (including phenoxy) is 2. The second kappa shape index (κ2) is 7.84. The van der Waals surface area contributed by atoms with Gasteiger partial charge in [0.15, 0.2) is 5.76 Å². The molecule has 3 rings (SSSR count). The number of methoxy groups -OCH3 is 1. The molecule has 3 aromatic rings. The molecule has 0 aliphatic heterocycles. The van der Waals surface area contributed by atoms with E-state index in [1.807, 2.05) is 31.2 Å². The van der Waals surface area contributed by atoms with E-state index in [0.29, 0.717) is 29.0 Å². The van der Waals surface area contributed by atoms with Gasteiger partial charge in [0.25, 0.3) is 5.91 Å². The molecule has 0 saturated carbocycles. The molecule has 0 spiro atoms. The van der Waals surface area contributed by atoms with E-state index < -0.39 is 5.97 Å². The molecule has 26 heavy (non-hydrogen) atoms. The summed E-state index contributed by atoms with van der Waals surface area (Å²) in [6.45, 7) is 2.72. The van der Waals surface area contributed by atoms with E-state index in [0.717, 1.165) is 5.39 Å². The highest BCUT2D eigenvalue weighted by Crippen LogP contribution is 2.27. The third-order valence-electron chi connectivity index (χ3n) is 3.92. The maximum atomic E-state index is 12.7. The van der Waals surface area contributed by atoms with Crippen LogP contribution in [-0.4, -0.2) is 25.6 Å². The van der Waals surface area contributed by atoms with Crippen molar-refractivity contribution < 1.29 is 23.5 Å². The molecule has 0 fully saturated rings. The van der Waals surface area contributed by atoms with E-state index in [2.05, 4.69) is 10.1 Å². The zero-order valence-electron chi connectivity index (χ0n) is 14.6. The molecule has 1 aromatic heterocycles. The summed E-state index contributed by atoms with van der Waals surface area (Å²) in [6.07, 6.45) is 0. The molecule has 6 nitrogen and oxygen atoms in total. The third kappa shape index (κ3) is 3.60. The van der Waals surface area contributed by atoms with Gasteiger partial charge >= 0.3 is 5.97 Å². The Morgan fingerprint density at radius 3 is 2.50 bits per heavy atom. The monoisotopic (exact) mass is 353 g/mol. The number of anilines is 1. The SMILES string of the molecule is CCOCc1c(C(=O)Nc2ccc(C(=O)OC)cc2)oc2ccccc12. The molecule has 6 heteroatoms. The quantitative estimate of drug-likeness (QED) is 0.678. The van der Waals surface area contributed by atoms with Crippen LogP contribution in [0.1, 0.15) is 33.4 Å². The van der Waals surface area contributed by atoms with Crippen molar-refractivity contribution in [3.8, 4) is 0 Å². The number of carbonyl (C=O) groups is 2. The van der Waals surface area contributed by atoms with Crippen LogP contribution in [0.15, 0.2) is 52.9 Å². The highest BCUT2D eigenvalue weighted by molar-refractivity contribution is 6.06. The normalized spacial score (nSPS) is 10.7. The predicted octanol–water partition coefficient (Wildman–Crippen LogP) is 4.01. The van der Waals surface area contributed by atoms with E-state index in [1.54, 1.807) is 24.3 Å². The minimum absolute atomic E-state index is 0.219. The van der Waals surface area contributed by atoms with Crippen molar-refractivity contribution in [2.45, 2.75) is 13.5 Å². The molecular formula is C20H19NO5. The van der Waals surface area contributed by atoms with Crippen molar-refractivity contribution in [1.29, 1.82) is 0 Å². The number of hydrogen-bond donors (Lipinski definition) is 1. The number of rotatable bonds is 6. The molecule has 0 saturated heterocycles. The van der Waals surface area contributed by atoms with Crippen molar-refractivity contribution in [1.82, 2.24) is 0 Å². The number of esters is 1. The first-order valence-corrected chi connectivity index (χ1v) is 8.22. The first kappa shape index (κ1) is 17.7. The van der Waals surface area contributed by atoms with Crippen molar-refractivity contribution in [2.75, 3.05) is 19.0 Å². The van der Waals surface area contributed by atoms with Gasteiger partial charge in [-0.05, 0) is 37.3 Å². The molecule has 1 heterocycles. The van der Waals surface area contributed by atoms with Gasteiger partial charge < -0.3 is 19.2 Å². The number of para-hydroxylation sites is 1. The van der Waals surface area contributed by atoms with Gasteiger partial charge in [0, 0.05) is 23.2 Å². The first-order chi connectivity index (χ1) is 12.6. The highest BCUT2D eigenvalue weighted by atomic mass is 16.5. The Balaban J connectivity index is 1.86. The van der Waals surface area contributed by atoms with Crippen LogP contribution in [-0.2, 0) is 16.1 Å². The van der Waals surface area contributed by atoms with Crippen LogP contribution >= 0.6 is 0 Å². The topological polar surface area (TPSA) is 77.8 Å². The fraction of sp³-hybridized carbons (Fsp3) is 0.200. The fourth-order valence-electron chi connectivity index (χ4n) is 2.62. The van der Waals surface area contributed by atoms with Crippen molar-refractivity contribution >= 4 is 28.5 Å². The lowest BCUT2D eigenvalue weighted by Gasteiger charge is -2.06. The Hall–Kier alpha value is -3.12. The molecule has 0 unspecified atom stereocenters. The Labute approximate surface area is 150 Å². The Bertz CT molecular complexity index is 927. The van der Waals surface area contributed by atoms with E-state index in [-0.39, 0.29) is 18.3 Å². The lowest BCUT2D eigenvalue weighted by atomic mass is 10.1. The van der Waals surface area contributed by atoms with Gasteiger partial charge in [-0.1, -0.05) is 18.2 Å². The van der Waals surface area contributed by atoms with Crippen LogP contribution in [0.2, 0.25) is 0 Å². The highest BCUT2D eigenvalue weighted by Gasteiger charge is 2.20. The first-order valence-electron chi connectivity index (χ1n) is 8.22. The molecule has 2 aromatic carbocycles. The number of benzene rings is 2. The molecule has 0 aliphatic rings. The van der Waals surface area contributed by atoms with Gasteiger partial charge in [0.05, 0.1) is 19.3 Å². The van der Waals surface area contributed by atoms with Gasteiger partial charge in [0.2, 0.25) is 0 Å². The van der Waals surface area contributed by atoms with E-state index >= 15 is 0 Å². The fourth-order valence-corrected chi connectivity index (χ4v) is 2.62. The lowest BCUT2D eigenvalue weighted by molar-refractivity contribution is 0.0600. The van der Waals surface area contributed by atoms with Gasteiger partial charge in [-0.15, -0.1) is 0 Å². The third-order valence-corrected chi connectivity index (χ3v) is 3.92. The summed E-state index contributed by atoms with van der Waals surface area (Å²) in [5.74, 6) is -0.586. The maximum absolute atomic E-state index is 12.7. The summed E-state index contributed by atoms with van der Waals surface area (Å²) in [6, 6.07) is 13.9. The Morgan fingerprint density at radius 2 is 1.81 bits per heavy atom. The predicted molar refractivity (Wildman–Crippen MR) is 97.3 cm³/mol. The smallest absolute Gasteiger partial charge is 0.337 e. The minimum Gasteiger partial charge on any atom is -0.465 e. The van der Waals surface area contributed by atoms with Gasteiger partial charge in [0.1, 0.15) is 5.58 Å². The average Bonchev–Trinajstić information content (AvgIpc) is 3.05. The number of nitrogens with one attached hydrogen (secondary N) is 1. The average molecular weight is 353 g/mol. The molecule has 134 valence electrons. The van der Waals surface area contributed by atoms with E-state index in [9.17, 15) is 9.59 Å². The summed E-state index contributed by atoms with van der Waals surface area (Å²) in [5, 5.41) is 3.63. The largest absolute Gasteiger partial charge is 0.465 e. The molecule has 0 atom stereocenters. The molecular weight excluding hydrogens is 334 g/mol. The minimum atomic E-state index is -0.431. The molecule has 0 aliphatic carbocycles. The second-order valence-corrected chi connectivity index (χ2v) is 5.57. The zero-order valence-corrected chi connectivity index (χ0v) is 14.6. The molecule has 0 radical (unpaired) electrons. The van der Waals surface area contributed by atoms with Gasteiger partial charge in [-0.25, -0.2) is 4.79 Å². The number of carbonyl (C=O) groups excluding carboxylic acids is 2. The van der Waals surface area contributed by atoms with Crippen molar-refractivity contribution in [3.05, 3.63) is 65.4 Å². The summed E-state index contributed by atoms with van der Waals surface area (Å²) in [4.78, 5) is 24.2. The maximum Gasteiger partial charge on any atom is 0.337 e. The van der Waals surface area contributed by atoms with Crippen LogP contribution in [0.4, 0.5) is 5.69 Å². The van der Waals surface area contributed by atoms with Crippen LogP contribution in [0.5, 0.6) is 0 Å². The second-order valence-electron chi connectivity index (χ2n) is 5.57. The number of fused-ring (bicyclic) bond motifs is 1. The van der Waals surface area contributed by atoms with E-state index in [4.69, 9.17) is 9.15 Å². The number of amides is 1. The van der Waals surface area contributed by atoms with Crippen LogP contribution in [0.3, 0.4) is 0 Å². The van der Waals surface area contributed by atoms with E-state index in [1.165, 1.54) is 7.11 Å². The lowest BCUT2D eigenvalue weighted by Crippen LogP contribution is -2.13.